The molecule has 0 radical (unpaired) electrons. The number of aromatic carboxylic acids is 1. The van der Waals surface area contributed by atoms with Crippen LogP contribution in [0.5, 0.6) is 0 Å². The van der Waals surface area contributed by atoms with Crippen LogP contribution in [0.25, 0.3) is 33.5 Å². The number of thioether (sulfide) groups is 1. The summed E-state index contributed by atoms with van der Waals surface area (Å²) < 4.78 is 5.50. The molecule has 0 aliphatic carbocycles. The second-order valence-electron chi connectivity index (χ2n) is 9.98. The lowest BCUT2D eigenvalue weighted by Gasteiger charge is -2.19. The van der Waals surface area contributed by atoms with Crippen molar-refractivity contribution in [3.05, 3.63) is 126 Å². The van der Waals surface area contributed by atoms with E-state index in [-0.39, 0.29) is 38.9 Å². The van der Waals surface area contributed by atoms with Crippen molar-refractivity contribution in [1.29, 1.82) is 10.5 Å². The van der Waals surface area contributed by atoms with E-state index in [9.17, 15) is 25.2 Å². The molecular formula is C35H22N6O4S. The Balaban J connectivity index is 1.33. The second-order valence-corrected chi connectivity index (χ2v) is 11.1. The van der Waals surface area contributed by atoms with Crippen molar-refractivity contribution in [2.75, 3.05) is 11.1 Å². The highest BCUT2D eigenvalue weighted by Crippen LogP contribution is 2.42. The maximum absolute atomic E-state index is 13.8. The molecule has 10 nitrogen and oxygen atoms in total. The number of anilines is 2. The summed E-state index contributed by atoms with van der Waals surface area (Å²) in [5.41, 5.74) is 9.42. The highest BCUT2D eigenvalue weighted by Gasteiger charge is 2.28. The second kappa shape index (κ2) is 12.7. The quantitative estimate of drug-likeness (QED) is 0.149. The van der Waals surface area contributed by atoms with Crippen LogP contribution in [0.1, 0.15) is 32.3 Å². The average molecular weight is 623 g/mol. The van der Waals surface area contributed by atoms with Crippen molar-refractivity contribution >= 4 is 46.0 Å². The molecular weight excluding hydrogens is 600 g/mol. The Kier molecular flexibility index (Phi) is 8.16. The van der Waals surface area contributed by atoms with Gasteiger partial charge in [-0.2, -0.15) is 10.5 Å². The SMILES string of the molecule is N#Cc1c(N)nc(SC(C(=O)Nc2ccc(-c3cc(C(=O)O)c4ccccc4n3)cc2)c2ccccc2)c(C#N)c1-c1ccco1. The highest BCUT2D eigenvalue weighted by atomic mass is 32.2. The molecule has 4 N–H and O–H groups in total. The van der Waals surface area contributed by atoms with Crippen LogP contribution < -0.4 is 11.1 Å². The van der Waals surface area contributed by atoms with Gasteiger partial charge in [-0.3, -0.25) is 4.79 Å². The van der Waals surface area contributed by atoms with Gasteiger partial charge in [-0.15, -0.1) is 0 Å². The third-order valence-corrected chi connectivity index (χ3v) is 8.39. The van der Waals surface area contributed by atoms with Gasteiger partial charge in [-0.25, -0.2) is 14.8 Å². The molecule has 222 valence electrons. The molecule has 6 aromatic rings. The number of hydrogen-bond donors (Lipinski definition) is 3. The monoisotopic (exact) mass is 622 g/mol. The number of carboxylic acid groups (broad SMARTS) is 1. The number of nitrogen functional groups attached to an aromatic ring is 1. The van der Waals surface area contributed by atoms with Gasteiger partial charge in [-0.05, 0) is 42.0 Å². The van der Waals surface area contributed by atoms with Crippen LogP contribution in [0.15, 0.2) is 113 Å². The number of para-hydroxylation sites is 1. The van der Waals surface area contributed by atoms with Crippen LogP contribution in [0.3, 0.4) is 0 Å². The number of nitrogens with two attached hydrogens (primary N) is 1. The van der Waals surface area contributed by atoms with Gasteiger partial charge >= 0.3 is 5.97 Å². The van der Waals surface area contributed by atoms with Crippen molar-refractivity contribution in [2.24, 2.45) is 0 Å². The number of fused-ring (bicyclic) bond motifs is 1. The predicted octanol–water partition coefficient (Wildman–Crippen LogP) is 7.05. The van der Waals surface area contributed by atoms with Crippen molar-refractivity contribution < 1.29 is 19.1 Å². The molecule has 0 saturated heterocycles. The number of nitriles is 2. The molecule has 3 aromatic heterocycles. The molecule has 1 unspecified atom stereocenters. The first-order valence-electron chi connectivity index (χ1n) is 13.8. The Morgan fingerprint density at radius 1 is 0.891 bits per heavy atom. The minimum absolute atomic E-state index is 0.00744. The fourth-order valence-electron chi connectivity index (χ4n) is 5.00. The van der Waals surface area contributed by atoms with E-state index in [1.807, 2.05) is 12.1 Å². The summed E-state index contributed by atoms with van der Waals surface area (Å²) in [5.74, 6) is -1.26. The number of carbonyl (C=O) groups excluding carboxylic acids is 1. The topological polar surface area (TPSA) is 179 Å². The minimum Gasteiger partial charge on any atom is -0.478 e. The number of nitrogens with zero attached hydrogens (tertiary/aromatic N) is 4. The number of pyridine rings is 2. The molecule has 0 aliphatic rings. The number of furan rings is 1. The third-order valence-electron chi connectivity index (χ3n) is 7.15. The Labute approximate surface area is 266 Å². The fourth-order valence-corrected chi connectivity index (χ4v) is 6.09. The third kappa shape index (κ3) is 5.74. The number of hydrogen-bond acceptors (Lipinski definition) is 9. The number of nitrogens with one attached hydrogen (secondary N) is 1. The van der Waals surface area contributed by atoms with Crippen LogP contribution in [0, 0.1) is 22.7 Å². The Morgan fingerprint density at radius 2 is 1.61 bits per heavy atom. The maximum atomic E-state index is 13.8. The van der Waals surface area contributed by atoms with E-state index in [0.717, 1.165) is 11.8 Å². The number of rotatable bonds is 8. The van der Waals surface area contributed by atoms with Crippen molar-refractivity contribution in [2.45, 2.75) is 10.3 Å². The lowest BCUT2D eigenvalue weighted by molar-refractivity contribution is -0.115. The summed E-state index contributed by atoms with van der Waals surface area (Å²) in [6, 6.07) is 31.8. The zero-order chi connectivity index (χ0) is 32.2. The molecule has 3 heterocycles. The number of benzene rings is 3. The number of carbonyl (C=O) groups is 2. The van der Waals surface area contributed by atoms with Gasteiger partial charge in [0.15, 0.2) is 0 Å². The number of aromatic nitrogens is 2. The Morgan fingerprint density at radius 3 is 2.28 bits per heavy atom. The summed E-state index contributed by atoms with van der Waals surface area (Å²) in [6.07, 6.45) is 1.42. The largest absolute Gasteiger partial charge is 0.478 e. The molecule has 1 amide bonds. The molecule has 11 heteroatoms. The Hall–Kier alpha value is -6.43. The van der Waals surface area contributed by atoms with Crippen molar-refractivity contribution in [1.82, 2.24) is 9.97 Å². The molecule has 6 rings (SSSR count). The van der Waals surface area contributed by atoms with Crippen LogP contribution in [0.2, 0.25) is 0 Å². The van der Waals surface area contributed by atoms with Crippen LogP contribution >= 0.6 is 11.8 Å². The molecule has 46 heavy (non-hydrogen) atoms. The average Bonchev–Trinajstić information content (AvgIpc) is 3.62. The summed E-state index contributed by atoms with van der Waals surface area (Å²) in [6.45, 7) is 0. The zero-order valence-corrected chi connectivity index (χ0v) is 24.7. The smallest absolute Gasteiger partial charge is 0.336 e. The van der Waals surface area contributed by atoms with Crippen molar-refractivity contribution in [3.8, 4) is 34.7 Å². The molecule has 0 fully saturated rings. The normalized spacial score (nSPS) is 11.3. The van der Waals surface area contributed by atoms with Gasteiger partial charge in [0.05, 0.1) is 34.2 Å². The van der Waals surface area contributed by atoms with Crippen LogP contribution in [0.4, 0.5) is 11.5 Å². The highest BCUT2D eigenvalue weighted by molar-refractivity contribution is 8.00. The lowest BCUT2D eigenvalue weighted by Crippen LogP contribution is -2.19. The minimum atomic E-state index is -1.05. The molecule has 0 bridgehead atoms. The van der Waals surface area contributed by atoms with E-state index in [4.69, 9.17) is 10.2 Å². The van der Waals surface area contributed by atoms with Gasteiger partial charge < -0.3 is 20.6 Å². The van der Waals surface area contributed by atoms with E-state index in [1.54, 1.807) is 84.9 Å². The summed E-state index contributed by atoms with van der Waals surface area (Å²) >= 11 is 1.03. The van der Waals surface area contributed by atoms with Crippen LogP contribution in [-0.4, -0.2) is 27.0 Å². The maximum Gasteiger partial charge on any atom is 0.336 e. The van der Waals surface area contributed by atoms with E-state index in [1.165, 1.54) is 12.3 Å². The first-order valence-corrected chi connectivity index (χ1v) is 14.7. The van der Waals surface area contributed by atoms with Gasteiger partial charge in [-0.1, -0.05) is 72.4 Å². The van der Waals surface area contributed by atoms with E-state index < -0.39 is 17.1 Å². The van der Waals surface area contributed by atoms with Gasteiger partial charge in [0, 0.05) is 16.6 Å². The van der Waals surface area contributed by atoms with E-state index in [2.05, 4.69) is 21.4 Å². The van der Waals surface area contributed by atoms with Crippen molar-refractivity contribution in [3.63, 3.8) is 0 Å². The molecule has 1 atom stereocenters. The first kappa shape index (κ1) is 29.6. The molecule has 0 spiro atoms. The van der Waals surface area contributed by atoms with E-state index >= 15 is 0 Å². The number of carboxylic acids is 1. The summed E-state index contributed by atoms with van der Waals surface area (Å²) in [4.78, 5) is 34.7. The molecule has 0 saturated carbocycles. The fraction of sp³-hybridized carbons (Fsp3) is 0.0286. The zero-order valence-electron chi connectivity index (χ0n) is 23.8. The van der Waals surface area contributed by atoms with Crippen LogP contribution in [-0.2, 0) is 4.79 Å². The molecule has 0 aliphatic heterocycles. The first-order chi connectivity index (χ1) is 22.4. The van der Waals surface area contributed by atoms with Gasteiger partial charge in [0.2, 0.25) is 5.91 Å². The predicted molar refractivity (Wildman–Crippen MR) is 174 cm³/mol. The van der Waals surface area contributed by atoms with Gasteiger partial charge in [0.25, 0.3) is 0 Å². The lowest BCUT2D eigenvalue weighted by atomic mass is 10.0. The van der Waals surface area contributed by atoms with E-state index in [0.29, 0.717) is 33.4 Å². The standard InChI is InChI=1S/C35H22N6O4S/c36-18-25-30(29-11-6-16-45-29)26(19-37)34(41-32(25)38)46-31(21-7-2-1-3-8-21)33(42)39-22-14-12-20(13-15-22)28-17-24(35(43)44)23-9-4-5-10-27(23)40-28/h1-17,31H,(H2,38,41)(H,39,42)(H,43,44). The Bertz CT molecular complexity index is 2190. The summed E-state index contributed by atoms with van der Waals surface area (Å²) in [7, 11) is 0. The number of amides is 1. The summed E-state index contributed by atoms with van der Waals surface area (Å²) in [5, 5.41) is 32.5. The molecule has 3 aromatic carbocycles. The van der Waals surface area contributed by atoms with Gasteiger partial charge in [0.1, 0.15) is 39.6 Å².